The van der Waals surface area contributed by atoms with Gasteiger partial charge in [-0.25, -0.2) is 9.18 Å². The van der Waals surface area contributed by atoms with E-state index in [0.717, 1.165) is 11.0 Å². The van der Waals surface area contributed by atoms with Gasteiger partial charge in [-0.2, -0.15) is 0 Å². The highest BCUT2D eigenvalue weighted by Gasteiger charge is 2.08. The summed E-state index contributed by atoms with van der Waals surface area (Å²) in [5.74, 6) is -1.33. The minimum atomic E-state index is -1.16. The van der Waals surface area contributed by atoms with Crippen LogP contribution in [0, 0.1) is 5.82 Å². The van der Waals surface area contributed by atoms with Crippen LogP contribution in [0.3, 0.4) is 0 Å². The molecule has 2 aromatic rings. The molecule has 6 heteroatoms. The van der Waals surface area contributed by atoms with Crippen LogP contribution >= 0.6 is 35.0 Å². The van der Waals surface area contributed by atoms with Gasteiger partial charge in [0, 0.05) is 15.7 Å². The van der Waals surface area contributed by atoms with Gasteiger partial charge in [0.25, 0.3) is 0 Å². The highest BCUT2D eigenvalue weighted by atomic mass is 35.5. The van der Waals surface area contributed by atoms with Crippen molar-refractivity contribution in [3.05, 3.63) is 63.4 Å². The van der Waals surface area contributed by atoms with Crippen molar-refractivity contribution >= 4 is 40.9 Å². The van der Waals surface area contributed by atoms with E-state index in [0.29, 0.717) is 21.4 Å². The lowest BCUT2D eigenvalue weighted by molar-refractivity contribution is 0.0696. The topological polar surface area (TPSA) is 37.3 Å². The van der Waals surface area contributed by atoms with E-state index in [2.05, 4.69) is 0 Å². The molecule has 0 unspecified atom stereocenters. The highest BCUT2D eigenvalue weighted by Crippen LogP contribution is 2.32. The van der Waals surface area contributed by atoms with Gasteiger partial charge in [-0.1, -0.05) is 23.2 Å². The lowest BCUT2D eigenvalue weighted by Crippen LogP contribution is -1.98. The fraction of sp³-hybridized carbons (Fsp3) is 0.0714. The van der Waals surface area contributed by atoms with E-state index in [9.17, 15) is 9.18 Å². The molecule has 2 rings (SSSR count). The van der Waals surface area contributed by atoms with Gasteiger partial charge in [0.2, 0.25) is 0 Å². The largest absolute Gasteiger partial charge is 0.478 e. The molecule has 0 atom stereocenters. The first-order valence-electron chi connectivity index (χ1n) is 5.56. The Morgan fingerprint density at radius 1 is 1.20 bits per heavy atom. The van der Waals surface area contributed by atoms with Crippen LogP contribution in [0.5, 0.6) is 0 Å². The van der Waals surface area contributed by atoms with E-state index < -0.39 is 11.8 Å². The lowest BCUT2D eigenvalue weighted by Gasteiger charge is -2.06. The van der Waals surface area contributed by atoms with Gasteiger partial charge in [-0.15, -0.1) is 11.8 Å². The zero-order valence-corrected chi connectivity index (χ0v) is 12.4. The first-order valence-corrected chi connectivity index (χ1v) is 7.30. The summed E-state index contributed by atoms with van der Waals surface area (Å²) in [5, 5.41) is 10.00. The maximum absolute atomic E-state index is 13.3. The zero-order chi connectivity index (χ0) is 14.7. The number of halogens is 3. The van der Waals surface area contributed by atoms with Gasteiger partial charge in [0.05, 0.1) is 10.6 Å². The summed E-state index contributed by atoms with van der Waals surface area (Å²) < 4.78 is 13.3. The fourth-order valence-electron chi connectivity index (χ4n) is 1.61. The average Bonchev–Trinajstić information content (AvgIpc) is 2.39. The number of carboxylic acids is 1. The van der Waals surface area contributed by atoms with E-state index >= 15 is 0 Å². The predicted octanol–water partition coefficient (Wildman–Crippen LogP) is 5.12. The van der Waals surface area contributed by atoms with Crippen LogP contribution in [0.2, 0.25) is 10.0 Å². The predicted molar refractivity (Wildman–Crippen MR) is 79.4 cm³/mol. The number of rotatable bonds is 4. The zero-order valence-electron chi connectivity index (χ0n) is 10.1. The molecule has 0 spiro atoms. The number of carboxylic acid groups (broad SMARTS) is 1. The summed E-state index contributed by atoms with van der Waals surface area (Å²) in [4.78, 5) is 11.6. The summed E-state index contributed by atoms with van der Waals surface area (Å²) in [6, 6.07) is 8.81. The van der Waals surface area contributed by atoms with Crippen molar-refractivity contribution in [1.82, 2.24) is 0 Å². The monoisotopic (exact) mass is 330 g/mol. The third-order valence-electron chi connectivity index (χ3n) is 2.49. The van der Waals surface area contributed by atoms with Crippen LogP contribution in [-0.2, 0) is 5.75 Å². The van der Waals surface area contributed by atoms with Crippen molar-refractivity contribution in [3.63, 3.8) is 0 Å². The van der Waals surface area contributed by atoms with Crippen LogP contribution in [0.15, 0.2) is 41.3 Å². The molecule has 20 heavy (non-hydrogen) atoms. The minimum Gasteiger partial charge on any atom is -0.478 e. The second-order valence-corrected chi connectivity index (χ2v) is 5.88. The van der Waals surface area contributed by atoms with Crippen molar-refractivity contribution in [1.29, 1.82) is 0 Å². The second kappa shape index (κ2) is 6.48. The number of hydrogen-bond donors (Lipinski definition) is 1. The van der Waals surface area contributed by atoms with E-state index in [1.54, 1.807) is 18.2 Å². The van der Waals surface area contributed by atoms with Crippen LogP contribution < -0.4 is 0 Å². The Kier molecular flexibility index (Phi) is 4.91. The van der Waals surface area contributed by atoms with Crippen LogP contribution in [0.1, 0.15) is 15.9 Å². The van der Waals surface area contributed by atoms with E-state index in [4.69, 9.17) is 28.3 Å². The molecule has 0 radical (unpaired) electrons. The molecule has 0 saturated carbocycles. The molecule has 0 aliphatic rings. The number of thioether (sulfide) groups is 1. The smallest absolute Gasteiger partial charge is 0.335 e. The molecule has 0 bridgehead atoms. The first kappa shape index (κ1) is 15.2. The second-order valence-electron chi connectivity index (χ2n) is 4.02. The van der Waals surface area contributed by atoms with Gasteiger partial charge in [0.1, 0.15) is 5.82 Å². The Balaban J connectivity index is 2.18. The van der Waals surface area contributed by atoms with Crippen molar-refractivity contribution in [3.8, 4) is 0 Å². The van der Waals surface area contributed by atoms with Crippen molar-refractivity contribution in [2.45, 2.75) is 10.6 Å². The van der Waals surface area contributed by atoms with Gasteiger partial charge < -0.3 is 5.11 Å². The SMILES string of the molecule is O=C(O)c1cc(F)cc(CSc2cc(Cl)ccc2Cl)c1. The molecular weight excluding hydrogens is 322 g/mol. The summed E-state index contributed by atoms with van der Waals surface area (Å²) in [5.41, 5.74) is 0.501. The third-order valence-corrected chi connectivity index (χ3v) is 4.30. The van der Waals surface area contributed by atoms with E-state index in [1.165, 1.54) is 23.9 Å². The van der Waals surface area contributed by atoms with Crippen molar-refractivity contribution in [2.24, 2.45) is 0 Å². The van der Waals surface area contributed by atoms with Gasteiger partial charge in [-0.3, -0.25) is 0 Å². The standard InChI is InChI=1S/C14H9Cl2FO2S/c15-10-1-2-12(16)13(6-10)20-7-8-3-9(14(18)19)5-11(17)4-8/h1-6H,7H2,(H,18,19). The molecule has 0 aliphatic heterocycles. The quantitative estimate of drug-likeness (QED) is 0.790. The Morgan fingerprint density at radius 3 is 2.65 bits per heavy atom. The first-order chi connectivity index (χ1) is 9.45. The normalized spacial score (nSPS) is 10.6. The summed E-state index contributed by atoms with van der Waals surface area (Å²) in [6.45, 7) is 0. The Hall–Kier alpha value is -1.23. The Morgan fingerprint density at radius 2 is 1.95 bits per heavy atom. The van der Waals surface area contributed by atoms with Crippen LogP contribution in [0.4, 0.5) is 4.39 Å². The Bertz CT molecular complexity index is 662. The molecule has 0 aromatic heterocycles. The third kappa shape index (κ3) is 3.88. The van der Waals surface area contributed by atoms with Crippen LogP contribution in [-0.4, -0.2) is 11.1 Å². The minimum absolute atomic E-state index is 0.0715. The number of aromatic carboxylic acids is 1. The molecule has 1 N–H and O–H groups in total. The number of carbonyl (C=O) groups is 1. The highest BCUT2D eigenvalue weighted by molar-refractivity contribution is 7.98. The Labute approximate surface area is 129 Å². The molecule has 0 saturated heterocycles. The van der Waals surface area contributed by atoms with Crippen LogP contribution in [0.25, 0.3) is 0 Å². The number of hydrogen-bond acceptors (Lipinski definition) is 2. The molecule has 2 aromatic carbocycles. The molecule has 2 nitrogen and oxygen atoms in total. The fourth-order valence-corrected chi connectivity index (χ4v) is 3.03. The maximum Gasteiger partial charge on any atom is 0.335 e. The van der Waals surface area contributed by atoms with Crippen molar-refractivity contribution in [2.75, 3.05) is 0 Å². The van der Waals surface area contributed by atoms with Gasteiger partial charge >= 0.3 is 5.97 Å². The molecule has 0 amide bonds. The van der Waals surface area contributed by atoms with E-state index in [-0.39, 0.29) is 5.56 Å². The molecular formula is C14H9Cl2FO2S. The summed E-state index contributed by atoms with van der Waals surface area (Å²) in [6.07, 6.45) is 0. The van der Waals surface area contributed by atoms with E-state index in [1.807, 2.05) is 0 Å². The molecule has 0 heterocycles. The van der Waals surface area contributed by atoms with Crippen molar-refractivity contribution < 1.29 is 14.3 Å². The average molecular weight is 331 g/mol. The molecule has 0 aliphatic carbocycles. The summed E-state index contributed by atoms with van der Waals surface area (Å²) in [7, 11) is 0. The lowest BCUT2D eigenvalue weighted by atomic mass is 10.1. The van der Waals surface area contributed by atoms with Gasteiger partial charge in [-0.05, 0) is 42.0 Å². The maximum atomic E-state index is 13.3. The number of benzene rings is 2. The molecule has 104 valence electrons. The molecule has 0 fully saturated rings. The summed E-state index contributed by atoms with van der Waals surface area (Å²) >= 11 is 13.3. The van der Waals surface area contributed by atoms with Gasteiger partial charge in [0.15, 0.2) is 0 Å².